The summed E-state index contributed by atoms with van der Waals surface area (Å²) in [6.07, 6.45) is 67.4. The highest BCUT2D eigenvalue weighted by Crippen LogP contribution is 2.17. The van der Waals surface area contributed by atoms with Crippen LogP contribution >= 0.6 is 0 Å². The maximum Gasteiger partial charge on any atom is 0.305 e. The van der Waals surface area contributed by atoms with Crippen LogP contribution in [0.5, 0.6) is 0 Å². The smallest absolute Gasteiger partial charge is 0.305 e. The Kier molecular flexibility index (Phi) is 54.5. The van der Waals surface area contributed by atoms with Crippen LogP contribution in [0.4, 0.5) is 0 Å². The number of nitrogens with one attached hydrogen (secondary N) is 1. The van der Waals surface area contributed by atoms with E-state index in [0.717, 1.165) is 44.9 Å². The monoisotopic (exact) mass is 930 g/mol. The van der Waals surface area contributed by atoms with Gasteiger partial charge in [0, 0.05) is 12.8 Å². The summed E-state index contributed by atoms with van der Waals surface area (Å²) in [6.45, 7) is 4.93. The molecule has 0 radical (unpaired) electrons. The molecule has 0 aliphatic carbocycles. The Bertz CT molecular complexity index is 1030. The molecule has 0 aromatic heterocycles. The van der Waals surface area contributed by atoms with Gasteiger partial charge in [0.15, 0.2) is 0 Å². The van der Waals surface area contributed by atoms with E-state index in [1.54, 1.807) is 0 Å². The van der Waals surface area contributed by atoms with Gasteiger partial charge in [0.1, 0.15) is 0 Å². The lowest BCUT2D eigenvalue weighted by atomic mass is 10.0. The molecule has 0 aliphatic heterocycles. The molecular formula is C60H115NO5. The second-order valence-electron chi connectivity index (χ2n) is 20.3. The van der Waals surface area contributed by atoms with Crippen LogP contribution in [0.2, 0.25) is 0 Å². The van der Waals surface area contributed by atoms with E-state index in [9.17, 15) is 19.8 Å². The number of aliphatic hydroxyl groups excluding tert-OH is 2. The standard InChI is InChI=1S/C60H115NO5/c1-3-5-7-9-11-13-15-17-18-23-26-29-32-36-40-44-48-52-58(63)57(56-62)61-59(64)53-49-45-41-37-33-30-27-24-21-19-20-22-25-28-31-35-39-43-47-51-55-66-60(65)54-50-46-42-38-34-16-14-12-10-8-6-4-2/h12,14,19,21,57-58,62-63H,3-11,13,15-18,20,22-56H2,1-2H3,(H,61,64)/b14-12-,21-19-. The lowest BCUT2D eigenvalue weighted by Gasteiger charge is -2.22. The van der Waals surface area contributed by atoms with Crippen LogP contribution in [-0.2, 0) is 14.3 Å². The summed E-state index contributed by atoms with van der Waals surface area (Å²) < 4.78 is 5.46. The van der Waals surface area contributed by atoms with Crippen molar-refractivity contribution in [1.29, 1.82) is 0 Å². The average molecular weight is 931 g/mol. The fourth-order valence-electron chi connectivity index (χ4n) is 9.16. The maximum atomic E-state index is 12.5. The predicted octanol–water partition coefficient (Wildman–Crippen LogP) is 18.2. The molecule has 0 heterocycles. The van der Waals surface area contributed by atoms with Crippen molar-refractivity contribution in [2.75, 3.05) is 13.2 Å². The minimum absolute atomic E-state index is 0.00363. The van der Waals surface area contributed by atoms with Crippen LogP contribution in [-0.4, -0.2) is 47.4 Å². The number of rotatable bonds is 55. The second kappa shape index (κ2) is 55.9. The molecule has 0 aromatic carbocycles. The fraction of sp³-hybridized carbons (Fsp3) is 0.900. The highest BCUT2D eigenvalue weighted by molar-refractivity contribution is 5.76. The third-order valence-electron chi connectivity index (χ3n) is 13.7. The average Bonchev–Trinajstić information content (AvgIpc) is 3.32. The van der Waals surface area contributed by atoms with Crippen molar-refractivity contribution in [3.05, 3.63) is 24.3 Å². The number of amides is 1. The molecule has 66 heavy (non-hydrogen) atoms. The van der Waals surface area contributed by atoms with Crippen molar-refractivity contribution in [2.24, 2.45) is 0 Å². The fourth-order valence-corrected chi connectivity index (χ4v) is 9.16. The minimum atomic E-state index is -0.670. The van der Waals surface area contributed by atoms with Gasteiger partial charge in [-0.2, -0.15) is 0 Å². The van der Waals surface area contributed by atoms with Crippen molar-refractivity contribution in [3.8, 4) is 0 Å². The number of aliphatic hydroxyl groups is 2. The molecule has 0 spiro atoms. The third-order valence-corrected chi connectivity index (χ3v) is 13.7. The predicted molar refractivity (Wildman–Crippen MR) is 287 cm³/mol. The Morgan fingerprint density at radius 3 is 1.11 bits per heavy atom. The van der Waals surface area contributed by atoms with Crippen molar-refractivity contribution >= 4 is 11.9 Å². The normalized spacial score (nSPS) is 12.7. The van der Waals surface area contributed by atoms with Gasteiger partial charge in [-0.1, -0.05) is 256 Å². The topological polar surface area (TPSA) is 95.9 Å². The molecule has 390 valence electrons. The molecule has 0 aliphatic rings. The molecule has 1 amide bonds. The zero-order chi connectivity index (χ0) is 47.9. The zero-order valence-electron chi connectivity index (χ0n) is 44.4. The first-order valence-corrected chi connectivity index (χ1v) is 29.6. The SMILES string of the molecule is CCCCC/C=C\CCCCCCCC(=O)OCCCCCCCCCCC/C=C\CCCCCCCCCC(=O)NC(CO)C(O)CCCCCCCCCCCCCCCCCCC. The summed E-state index contributed by atoms with van der Waals surface area (Å²) in [5, 5.41) is 23.3. The van der Waals surface area contributed by atoms with Gasteiger partial charge in [-0.3, -0.25) is 9.59 Å². The number of allylic oxidation sites excluding steroid dienone is 4. The molecule has 6 nitrogen and oxygen atoms in total. The highest BCUT2D eigenvalue weighted by atomic mass is 16.5. The molecule has 6 heteroatoms. The van der Waals surface area contributed by atoms with Crippen LogP contribution < -0.4 is 5.32 Å². The second-order valence-corrected chi connectivity index (χ2v) is 20.3. The Hall–Kier alpha value is -1.66. The van der Waals surface area contributed by atoms with Gasteiger partial charge >= 0.3 is 5.97 Å². The number of unbranched alkanes of at least 4 members (excludes halogenated alkanes) is 40. The zero-order valence-corrected chi connectivity index (χ0v) is 44.4. The Balaban J connectivity index is 3.44. The molecule has 0 rings (SSSR count). The maximum absolute atomic E-state index is 12.5. The highest BCUT2D eigenvalue weighted by Gasteiger charge is 2.20. The molecule has 2 atom stereocenters. The quantitative estimate of drug-likeness (QED) is 0.0321. The number of hydrogen-bond donors (Lipinski definition) is 3. The number of ether oxygens (including phenoxy) is 1. The first-order valence-electron chi connectivity index (χ1n) is 29.6. The summed E-state index contributed by atoms with van der Waals surface area (Å²) in [5.41, 5.74) is 0. The molecule has 2 unspecified atom stereocenters. The number of carbonyl (C=O) groups is 2. The van der Waals surface area contributed by atoms with E-state index in [0.29, 0.717) is 25.9 Å². The summed E-state index contributed by atoms with van der Waals surface area (Å²) >= 11 is 0. The largest absolute Gasteiger partial charge is 0.466 e. The van der Waals surface area contributed by atoms with E-state index >= 15 is 0 Å². The number of carbonyl (C=O) groups excluding carboxylic acids is 2. The van der Waals surface area contributed by atoms with Gasteiger partial charge in [-0.25, -0.2) is 0 Å². The van der Waals surface area contributed by atoms with E-state index in [4.69, 9.17) is 4.74 Å². The summed E-state index contributed by atoms with van der Waals surface area (Å²) in [7, 11) is 0. The first-order chi connectivity index (χ1) is 32.5. The first kappa shape index (κ1) is 64.3. The van der Waals surface area contributed by atoms with E-state index in [1.165, 1.54) is 244 Å². The van der Waals surface area contributed by atoms with Gasteiger partial charge < -0.3 is 20.3 Å². The van der Waals surface area contributed by atoms with E-state index in [2.05, 4.69) is 43.5 Å². The van der Waals surface area contributed by atoms with E-state index in [1.807, 2.05) is 0 Å². The van der Waals surface area contributed by atoms with Crippen LogP contribution in [0, 0.1) is 0 Å². The number of esters is 1. The molecule has 0 bridgehead atoms. The molecule has 0 fully saturated rings. The summed E-state index contributed by atoms with van der Waals surface area (Å²) in [5.74, 6) is -0.0453. The molecule has 0 saturated carbocycles. The van der Waals surface area contributed by atoms with Crippen LogP contribution in [0.3, 0.4) is 0 Å². The van der Waals surface area contributed by atoms with Crippen LogP contribution in [0.25, 0.3) is 0 Å². The van der Waals surface area contributed by atoms with Gasteiger partial charge in [0.2, 0.25) is 5.91 Å². The van der Waals surface area contributed by atoms with E-state index < -0.39 is 12.1 Å². The Labute approximate surface area is 411 Å². The van der Waals surface area contributed by atoms with Gasteiger partial charge in [0.05, 0.1) is 25.4 Å². The summed E-state index contributed by atoms with van der Waals surface area (Å²) in [4.78, 5) is 24.5. The van der Waals surface area contributed by atoms with Gasteiger partial charge in [0.25, 0.3) is 0 Å². The summed E-state index contributed by atoms with van der Waals surface area (Å²) in [6, 6.07) is -0.548. The molecule has 0 aromatic rings. The lowest BCUT2D eigenvalue weighted by molar-refractivity contribution is -0.143. The van der Waals surface area contributed by atoms with Crippen molar-refractivity contribution in [2.45, 2.75) is 334 Å². The Morgan fingerprint density at radius 1 is 0.409 bits per heavy atom. The van der Waals surface area contributed by atoms with Crippen LogP contribution in [0.1, 0.15) is 322 Å². The molecule has 3 N–H and O–H groups in total. The van der Waals surface area contributed by atoms with E-state index in [-0.39, 0.29) is 18.5 Å². The van der Waals surface area contributed by atoms with Crippen LogP contribution in [0.15, 0.2) is 24.3 Å². The van der Waals surface area contributed by atoms with Crippen molar-refractivity contribution in [1.82, 2.24) is 5.32 Å². The lowest BCUT2D eigenvalue weighted by Crippen LogP contribution is -2.45. The van der Waals surface area contributed by atoms with Gasteiger partial charge in [-0.05, 0) is 77.0 Å². The van der Waals surface area contributed by atoms with Crippen molar-refractivity contribution in [3.63, 3.8) is 0 Å². The minimum Gasteiger partial charge on any atom is -0.466 e. The van der Waals surface area contributed by atoms with Gasteiger partial charge in [-0.15, -0.1) is 0 Å². The molecular weight excluding hydrogens is 815 g/mol. The molecule has 0 saturated heterocycles. The Morgan fingerprint density at radius 2 is 0.712 bits per heavy atom. The number of hydrogen-bond acceptors (Lipinski definition) is 5. The van der Waals surface area contributed by atoms with Crippen molar-refractivity contribution < 1.29 is 24.5 Å². The third kappa shape index (κ3) is 51.7.